The molecule has 5 rings (SSSR count). The van der Waals surface area contributed by atoms with E-state index >= 15 is 0 Å². The van der Waals surface area contributed by atoms with E-state index in [-0.39, 0.29) is 18.5 Å². The number of ether oxygens (including phenoxy) is 2. The van der Waals surface area contributed by atoms with Crippen LogP contribution in [0.15, 0.2) is 60.7 Å². The van der Waals surface area contributed by atoms with E-state index in [1.165, 1.54) is 43.3 Å². The van der Waals surface area contributed by atoms with Gasteiger partial charge in [-0.3, -0.25) is 13.6 Å². The highest BCUT2D eigenvalue weighted by molar-refractivity contribution is 7.48. The van der Waals surface area contributed by atoms with Crippen LogP contribution in [0.2, 0.25) is 0 Å². The lowest BCUT2D eigenvalue weighted by molar-refractivity contribution is -0.956. The molecule has 3 heterocycles. The molecule has 2 unspecified atom stereocenters. The maximum absolute atomic E-state index is 14.6. The van der Waals surface area contributed by atoms with Crippen LogP contribution >= 0.6 is 7.82 Å². The number of phosphoric acid groups is 1. The van der Waals surface area contributed by atoms with Gasteiger partial charge in [0.25, 0.3) is 0 Å². The van der Waals surface area contributed by atoms with Crippen LogP contribution < -0.4 is 12.4 Å². The highest BCUT2D eigenvalue weighted by atomic mass is 35.5. The van der Waals surface area contributed by atoms with Gasteiger partial charge in [0, 0.05) is 38.5 Å². The van der Waals surface area contributed by atoms with E-state index in [4.69, 9.17) is 23.0 Å². The number of carbonyl (C=O) groups excluding carboxylic acids is 1. The van der Waals surface area contributed by atoms with E-state index in [0.29, 0.717) is 23.2 Å². The summed E-state index contributed by atoms with van der Waals surface area (Å²) in [7, 11) is -4.10. The second-order valence-corrected chi connectivity index (χ2v) is 15.8. The van der Waals surface area contributed by atoms with Crippen molar-refractivity contribution in [2.24, 2.45) is 0 Å². The molecule has 2 bridgehead atoms. The van der Waals surface area contributed by atoms with Gasteiger partial charge in [0.2, 0.25) is 5.60 Å². The van der Waals surface area contributed by atoms with Gasteiger partial charge in [0.05, 0.1) is 36.4 Å². The van der Waals surface area contributed by atoms with E-state index in [1.807, 2.05) is 60.7 Å². The Morgan fingerprint density at radius 2 is 1.25 bits per heavy atom. The Kier molecular flexibility index (Phi) is 10.8. The third-order valence-electron chi connectivity index (χ3n) is 8.94. The van der Waals surface area contributed by atoms with Crippen molar-refractivity contribution in [3.8, 4) is 0 Å². The van der Waals surface area contributed by atoms with E-state index < -0.39 is 37.4 Å². The molecule has 10 heteroatoms. The average Bonchev–Trinajstić information content (AvgIpc) is 3.46. The van der Waals surface area contributed by atoms with Crippen molar-refractivity contribution < 1.29 is 49.3 Å². The number of esters is 1. The maximum Gasteiger partial charge on any atom is 0.477 e. The number of phosphoric ester groups is 1. The van der Waals surface area contributed by atoms with Crippen molar-refractivity contribution in [1.29, 1.82) is 0 Å². The molecule has 2 aromatic carbocycles. The van der Waals surface area contributed by atoms with Gasteiger partial charge >= 0.3 is 13.8 Å². The number of benzene rings is 2. The zero-order chi connectivity index (χ0) is 30.9. The fourth-order valence-electron chi connectivity index (χ4n) is 7.44. The third-order valence-corrected chi connectivity index (χ3v) is 10.9. The van der Waals surface area contributed by atoms with Crippen molar-refractivity contribution in [1.82, 2.24) is 0 Å². The second kappa shape index (κ2) is 13.5. The number of hydrogen-bond donors (Lipinski definition) is 0. The van der Waals surface area contributed by atoms with Crippen LogP contribution in [0, 0.1) is 0 Å². The van der Waals surface area contributed by atoms with Crippen LogP contribution in [0.1, 0.15) is 91.2 Å². The van der Waals surface area contributed by atoms with Gasteiger partial charge in [0.15, 0.2) is 6.79 Å². The van der Waals surface area contributed by atoms with Crippen LogP contribution in [0.4, 0.5) is 0 Å². The van der Waals surface area contributed by atoms with Gasteiger partial charge in [-0.1, -0.05) is 60.7 Å². The number of halogens is 1. The highest BCUT2D eigenvalue weighted by Gasteiger charge is 2.57. The molecule has 3 fully saturated rings. The summed E-state index contributed by atoms with van der Waals surface area (Å²) in [6.07, 6.45) is 6.52. The van der Waals surface area contributed by atoms with Gasteiger partial charge < -0.3 is 26.4 Å². The van der Waals surface area contributed by atoms with Gasteiger partial charge in [-0.2, -0.15) is 0 Å². The molecule has 2 aromatic rings. The normalized spacial score (nSPS) is 23.4. The molecule has 0 N–H and O–H groups in total. The fraction of sp³-hybridized carbons (Fsp3) is 0.618. The van der Waals surface area contributed by atoms with Crippen LogP contribution in [-0.2, 0) is 38.0 Å². The molecule has 0 aromatic heterocycles. The first-order valence-electron chi connectivity index (χ1n) is 15.7. The van der Waals surface area contributed by atoms with E-state index in [9.17, 15) is 9.36 Å². The summed E-state index contributed by atoms with van der Waals surface area (Å²) in [6, 6.07) is 19.7. The fourth-order valence-corrected chi connectivity index (χ4v) is 9.10. The minimum absolute atomic E-state index is 0. The molecule has 3 aliphatic heterocycles. The van der Waals surface area contributed by atoms with E-state index in [1.54, 1.807) is 41.5 Å². The number of quaternary nitrogens is 1. The van der Waals surface area contributed by atoms with Crippen molar-refractivity contribution in [3.63, 3.8) is 0 Å². The van der Waals surface area contributed by atoms with Crippen LogP contribution in [0.3, 0.4) is 0 Å². The smallest absolute Gasteiger partial charge is 0.477 e. The highest BCUT2D eigenvalue weighted by Crippen LogP contribution is 2.56. The molecule has 0 saturated carbocycles. The average molecular weight is 650 g/mol. The predicted octanol–water partition coefficient (Wildman–Crippen LogP) is 4.51. The number of nitrogens with zero attached hydrogens (tertiary/aromatic N) is 1. The van der Waals surface area contributed by atoms with Crippen LogP contribution in [0.25, 0.3) is 0 Å². The molecule has 3 aliphatic rings. The third kappa shape index (κ3) is 7.60. The predicted molar refractivity (Wildman–Crippen MR) is 165 cm³/mol. The largest absolute Gasteiger partial charge is 1.00 e. The molecule has 8 nitrogen and oxygen atoms in total. The topological polar surface area (TPSA) is 80.3 Å². The van der Waals surface area contributed by atoms with Crippen LogP contribution in [-0.4, -0.2) is 59.7 Å². The van der Waals surface area contributed by atoms with Crippen molar-refractivity contribution in [2.75, 3.05) is 19.9 Å². The molecular weight excluding hydrogens is 601 g/mol. The lowest BCUT2D eigenvalue weighted by Gasteiger charge is -2.47. The Hall–Kier alpha value is -1.77. The molecular formula is C34H49ClNO7P. The maximum atomic E-state index is 14.6. The Morgan fingerprint density at radius 3 is 1.68 bits per heavy atom. The van der Waals surface area contributed by atoms with Gasteiger partial charge in [-0.05, 0) is 52.7 Å². The van der Waals surface area contributed by atoms with Gasteiger partial charge in [-0.25, -0.2) is 9.36 Å². The summed E-state index contributed by atoms with van der Waals surface area (Å²) >= 11 is 0. The molecule has 2 atom stereocenters. The monoisotopic (exact) mass is 649 g/mol. The van der Waals surface area contributed by atoms with Crippen molar-refractivity contribution >= 4 is 13.8 Å². The first-order valence-corrected chi connectivity index (χ1v) is 17.2. The number of carbonyl (C=O) groups is 1. The Bertz CT molecular complexity index is 1210. The quantitative estimate of drug-likeness (QED) is 0.162. The van der Waals surface area contributed by atoms with E-state index in [0.717, 1.165) is 12.8 Å². The Morgan fingerprint density at radius 1 is 0.795 bits per heavy atom. The second-order valence-electron chi connectivity index (χ2n) is 14.3. The number of piperidine rings is 1. The Balaban J connectivity index is 0.00000442. The molecule has 244 valence electrons. The summed E-state index contributed by atoms with van der Waals surface area (Å²) in [4.78, 5) is 14.6. The molecule has 0 amide bonds. The molecule has 1 spiro atoms. The lowest BCUT2D eigenvalue weighted by atomic mass is 9.85. The first-order chi connectivity index (χ1) is 20.2. The first kappa shape index (κ1) is 35.1. The minimum atomic E-state index is -4.10. The number of hydrogen-bond acceptors (Lipinski definition) is 7. The SMILES string of the molecule is CC(C)(C)OP(=O)(OCOC(C(=O)OC1CC2CCC(C1)[N+]21CCCC1)(c1ccccc1)c1ccccc1)OC(C)(C)C.[Cl-]. The van der Waals surface area contributed by atoms with Crippen molar-refractivity contribution in [2.45, 2.75) is 115 Å². The Labute approximate surface area is 269 Å². The number of rotatable bonds is 10. The van der Waals surface area contributed by atoms with E-state index in [2.05, 4.69) is 0 Å². The summed E-state index contributed by atoms with van der Waals surface area (Å²) < 4.78 is 45.3. The molecule has 44 heavy (non-hydrogen) atoms. The summed E-state index contributed by atoms with van der Waals surface area (Å²) in [6.45, 7) is 12.6. The summed E-state index contributed by atoms with van der Waals surface area (Å²) in [5, 5.41) is 0. The molecule has 0 radical (unpaired) electrons. The van der Waals surface area contributed by atoms with Crippen molar-refractivity contribution in [3.05, 3.63) is 71.8 Å². The van der Waals surface area contributed by atoms with Crippen LogP contribution in [0.5, 0.6) is 0 Å². The minimum Gasteiger partial charge on any atom is -1.00 e. The summed E-state index contributed by atoms with van der Waals surface area (Å²) in [5.41, 5.74) is -2.09. The zero-order valence-corrected chi connectivity index (χ0v) is 28.7. The zero-order valence-electron chi connectivity index (χ0n) is 27.0. The standard InChI is InChI=1S/C34H49NO7P.ClH/c1-32(2,3)41-43(37,42-33(4,5)6)39-25-38-34(26-15-9-7-10-16-26,27-17-11-8-12-18-27)31(36)40-30-23-28-19-20-29(24-30)35(28)21-13-14-22-35;/h7-12,15-18,28-30H,13-14,19-25H2,1-6H3;1H/q+1;/p-1. The summed E-state index contributed by atoms with van der Waals surface area (Å²) in [5.74, 6) is -0.504. The molecule has 3 saturated heterocycles. The van der Waals surface area contributed by atoms with Gasteiger partial charge in [-0.15, -0.1) is 0 Å². The van der Waals surface area contributed by atoms with Gasteiger partial charge in [0.1, 0.15) is 6.10 Å². The molecule has 0 aliphatic carbocycles. The lowest BCUT2D eigenvalue weighted by Crippen LogP contribution is -3.00.